The third kappa shape index (κ3) is 5.27. The lowest BCUT2D eigenvalue weighted by Gasteiger charge is -2.25. The maximum absolute atomic E-state index is 13.2. The number of aliphatic hydroxyl groups excluding tert-OH is 1. The Hall–Kier alpha value is -3.52. The van der Waals surface area contributed by atoms with Crippen LogP contribution in [-0.4, -0.2) is 61.8 Å². The Kier molecular flexibility index (Phi) is 7.60. The summed E-state index contributed by atoms with van der Waals surface area (Å²) in [6.45, 7) is 6.09. The van der Waals surface area contributed by atoms with E-state index in [-0.39, 0.29) is 24.5 Å². The van der Waals surface area contributed by atoms with Crippen LogP contribution in [0.2, 0.25) is 0 Å². The van der Waals surface area contributed by atoms with Crippen LogP contribution in [0, 0.1) is 5.92 Å². The summed E-state index contributed by atoms with van der Waals surface area (Å²) in [4.78, 5) is 27.6. The van der Waals surface area contributed by atoms with Gasteiger partial charge in [-0.1, -0.05) is 26.0 Å². The third-order valence-corrected chi connectivity index (χ3v) is 6.03. The number of fused-ring (bicyclic) bond motifs is 1. The number of carbonyl (C=O) groups is 2. The maximum Gasteiger partial charge on any atom is 0.295 e. The van der Waals surface area contributed by atoms with Crippen LogP contribution in [0.1, 0.15) is 37.4 Å². The molecule has 0 unspecified atom stereocenters. The molecule has 0 spiro atoms. The van der Waals surface area contributed by atoms with Crippen molar-refractivity contribution in [3.63, 3.8) is 0 Å². The van der Waals surface area contributed by atoms with Crippen LogP contribution in [0.25, 0.3) is 5.76 Å². The van der Waals surface area contributed by atoms with E-state index < -0.39 is 17.7 Å². The number of benzene rings is 2. The topological polar surface area (TPSA) is 94.5 Å². The molecule has 0 aromatic heterocycles. The van der Waals surface area contributed by atoms with Crippen molar-refractivity contribution in [2.24, 2.45) is 5.92 Å². The largest absolute Gasteiger partial charge is 0.507 e. The molecule has 8 nitrogen and oxygen atoms in total. The number of amides is 1. The minimum Gasteiger partial charge on any atom is -0.507 e. The van der Waals surface area contributed by atoms with Crippen molar-refractivity contribution < 1.29 is 33.6 Å². The smallest absolute Gasteiger partial charge is 0.295 e. The van der Waals surface area contributed by atoms with E-state index in [1.165, 1.54) is 12.0 Å². The number of nitrogens with zero attached hydrogens (tertiary/aromatic N) is 1. The highest BCUT2D eigenvalue weighted by Crippen LogP contribution is 2.41. The number of aliphatic hydroxyl groups is 1. The van der Waals surface area contributed by atoms with Crippen LogP contribution in [-0.2, 0) is 14.3 Å². The molecule has 1 N–H and O–H groups in total. The van der Waals surface area contributed by atoms with Crippen LogP contribution in [0.15, 0.2) is 48.0 Å². The van der Waals surface area contributed by atoms with Gasteiger partial charge in [0, 0.05) is 19.2 Å². The van der Waals surface area contributed by atoms with Gasteiger partial charge < -0.3 is 29.0 Å². The Morgan fingerprint density at radius 3 is 2.60 bits per heavy atom. The minimum atomic E-state index is -0.785. The van der Waals surface area contributed by atoms with E-state index in [1.807, 2.05) is 24.3 Å². The molecule has 1 atom stereocenters. The van der Waals surface area contributed by atoms with Crippen molar-refractivity contribution in [1.82, 2.24) is 4.90 Å². The summed E-state index contributed by atoms with van der Waals surface area (Å²) in [7, 11) is 1.53. The zero-order valence-electron chi connectivity index (χ0n) is 20.3. The van der Waals surface area contributed by atoms with Crippen molar-refractivity contribution in [2.75, 3.05) is 40.1 Å². The van der Waals surface area contributed by atoms with Crippen molar-refractivity contribution in [2.45, 2.75) is 26.3 Å². The van der Waals surface area contributed by atoms with E-state index in [2.05, 4.69) is 13.8 Å². The summed E-state index contributed by atoms with van der Waals surface area (Å²) in [5, 5.41) is 11.3. The van der Waals surface area contributed by atoms with Gasteiger partial charge in [-0.2, -0.15) is 0 Å². The van der Waals surface area contributed by atoms with Crippen molar-refractivity contribution in [3.8, 4) is 17.2 Å². The van der Waals surface area contributed by atoms with Gasteiger partial charge in [0.05, 0.1) is 24.8 Å². The van der Waals surface area contributed by atoms with E-state index in [9.17, 15) is 14.7 Å². The average molecular weight is 482 g/mol. The predicted molar refractivity (Wildman–Crippen MR) is 130 cm³/mol. The van der Waals surface area contributed by atoms with Gasteiger partial charge in [-0.05, 0) is 48.2 Å². The number of Topliss-reactive ketones (excluding diaryl/α,β-unsaturated/α-hetero) is 1. The molecule has 2 aromatic rings. The van der Waals surface area contributed by atoms with Crippen molar-refractivity contribution in [3.05, 3.63) is 59.2 Å². The van der Waals surface area contributed by atoms with Crippen molar-refractivity contribution in [1.29, 1.82) is 0 Å². The molecule has 0 radical (unpaired) electrons. The monoisotopic (exact) mass is 481 g/mol. The minimum absolute atomic E-state index is 0.0158. The van der Waals surface area contributed by atoms with Crippen LogP contribution >= 0.6 is 0 Å². The van der Waals surface area contributed by atoms with Crippen LogP contribution in [0.5, 0.6) is 17.2 Å². The number of hydrogen-bond donors (Lipinski definition) is 1. The molecule has 2 aliphatic heterocycles. The molecule has 1 fully saturated rings. The quantitative estimate of drug-likeness (QED) is 0.329. The summed E-state index contributed by atoms with van der Waals surface area (Å²) in [6, 6.07) is 11.5. The molecule has 2 heterocycles. The predicted octanol–water partition coefficient (Wildman–Crippen LogP) is 3.95. The normalized spacial score (nSPS) is 18.9. The van der Waals surface area contributed by atoms with Gasteiger partial charge in [0.1, 0.15) is 24.7 Å². The fourth-order valence-electron chi connectivity index (χ4n) is 4.18. The molecule has 35 heavy (non-hydrogen) atoms. The zero-order chi connectivity index (χ0) is 24.9. The summed E-state index contributed by atoms with van der Waals surface area (Å²) in [5.41, 5.74) is 1.05. The first kappa shape index (κ1) is 24.6. The number of carbonyl (C=O) groups excluding carboxylic acids is 2. The van der Waals surface area contributed by atoms with Gasteiger partial charge >= 0.3 is 0 Å². The molecule has 1 saturated heterocycles. The van der Waals surface area contributed by atoms with Gasteiger partial charge in [0.15, 0.2) is 11.5 Å². The number of methoxy groups -OCH3 is 1. The Labute approximate surface area is 205 Å². The lowest BCUT2D eigenvalue weighted by Crippen LogP contribution is -2.32. The van der Waals surface area contributed by atoms with E-state index in [0.717, 1.165) is 6.42 Å². The highest BCUT2D eigenvalue weighted by molar-refractivity contribution is 6.46. The first-order valence-electron chi connectivity index (χ1n) is 11.8. The van der Waals surface area contributed by atoms with Gasteiger partial charge in [-0.3, -0.25) is 9.59 Å². The fraction of sp³-hybridized carbons (Fsp3) is 0.407. The van der Waals surface area contributed by atoms with Crippen LogP contribution in [0.4, 0.5) is 0 Å². The fourth-order valence-corrected chi connectivity index (χ4v) is 4.18. The molecule has 0 aliphatic carbocycles. The Morgan fingerprint density at radius 2 is 1.86 bits per heavy atom. The second kappa shape index (κ2) is 10.8. The molecular weight excluding hydrogens is 450 g/mol. The molecule has 1 amide bonds. The lowest BCUT2D eigenvalue weighted by atomic mass is 9.95. The highest BCUT2D eigenvalue weighted by atomic mass is 16.6. The molecular formula is C27H31NO7. The maximum atomic E-state index is 13.2. The number of likely N-dealkylation sites (tertiary alicyclic amines) is 1. The zero-order valence-corrected chi connectivity index (χ0v) is 20.3. The van der Waals surface area contributed by atoms with Gasteiger partial charge in [0.25, 0.3) is 11.7 Å². The third-order valence-electron chi connectivity index (χ3n) is 6.03. The molecule has 2 aliphatic rings. The molecule has 186 valence electrons. The van der Waals surface area contributed by atoms with E-state index in [4.69, 9.17) is 18.9 Å². The summed E-state index contributed by atoms with van der Waals surface area (Å²) >= 11 is 0. The molecule has 0 bridgehead atoms. The van der Waals surface area contributed by atoms with Gasteiger partial charge in [-0.25, -0.2) is 0 Å². The Bertz CT molecular complexity index is 1120. The number of ketones is 1. The molecule has 0 saturated carbocycles. The number of rotatable bonds is 9. The van der Waals surface area contributed by atoms with E-state index in [1.54, 1.807) is 18.2 Å². The Balaban J connectivity index is 1.75. The summed E-state index contributed by atoms with van der Waals surface area (Å²) in [5.74, 6) is 0.491. The molecule has 2 aromatic carbocycles. The number of hydrogen-bond acceptors (Lipinski definition) is 7. The van der Waals surface area contributed by atoms with Gasteiger partial charge in [0.2, 0.25) is 0 Å². The lowest BCUT2D eigenvalue weighted by molar-refractivity contribution is -0.140. The van der Waals surface area contributed by atoms with Crippen LogP contribution in [0.3, 0.4) is 0 Å². The van der Waals surface area contributed by atoms with E-state index >= 15 is 0 Å². The summed E-state index contributed by atoms with van der Waals surface area (Å²) in [6.07, 6.45) is 0.903. The average Bonchev–Trinajstić information content (AvgIpc) is 3.11. The summed E-state index contributed by atoms with van der Waals surface area (Å²) < 4.78 is 22.3. The standard InChI is InChI=1S/C27H31NO7/c1-17(2)9-11-33-20-6-4-5-18(15-20)24-23(26(30)27(31)28(24)10-12-32-3)25(29)19-7-8-21-22(16-19)35-14-13-34-21/h4-8,15-17,24,29H,9-14H2,1-3H3/t24-/m1/s1. The second-order valence-corrected chi connectivity index (χ2v) is 8.95. The van der Waals surface area contributed by atoms with Gasteiger partial charge in [-0.15, -0.1) is 0 Å². The Morgan fingerprint density at radius 1 is 1.09 bits per heavy atom. The van der Waals surface area contributed by atoms with Crippen molar-refractivity contribution >= 4 is 17.4 Å². The van der Waals surface area contributed by atoms with E-state index in [0.29, 0.717) is 54.1 Å². The number of ether oxygens (including phenoxy) is 4. The second-order valence-electron chi connectivity index (χ2n) is 8.95. The highest BCUT2D eigenvalue weighted by Gasteiger charge is 2.46. The van der Waals surface area contributed by atoms with Crippen LogP contribution < -0.4 is 14.2 Å². The SMILES string of the molecule is COCCN1C(=O)C(=O)C(=C(O)c2ccc3c(c2)OCCO3)[C@H]1c1cccc(OCCC(C)C)c1. The molecule has 4 rings (SSSR count). The first-order chi connectivity index (χ1) is 16.9. The molecule has 8 heteroatoms. The first-order valence-corrected chi connectivity index (χ1v) is 11.8.